The van der Waals surface area contributed by atoms with Crippen LogP contribution in [0.25, 0.3) is 0 Å². The van der Waals surface area contributed by atoms with Gasteiger partial charge in [-0.1, -0.05) is 26.7 Å². The maximum Gasteiger partial charge on any atom is 0.104 e. The zero-order chi connectivity index (χ0) is 7.98. The molecular weight excluding hydrogens is 126 g/mol. The van der Waals surface area contributed by atoms with Gasteiger partial charge in [-0.25, -0.2) is 0 Å². The van der Waals surface area contributed by atoms with Gasteiger partial charge >= 0.3 is 0 Å². The van der Waals surface area contributed by atoms with Crippen LogP contribution < -0.4 is 5.32 Å². The lowest BCUT2D eigenvalue weighted by Gasteiger charge is -2.14. The van der Waals surface area contributed by atoms with E-state index < -0.39 is 0 Å². The molecule has 0 rings (SSSR count). The van der Waals surface area contributed by atoms with Gasteiger partial charge in [-0.3, -0.25) is 5.32 Å². The van der Waals surface area contributed by atoms with Gasteiger partial charge in [0.2, 0.25) is 0 Å². The fourth-order valence-electron chi connectivity index (χ4n) is 1.11. The molecule has 2 nitrogen and oxygen atoms in total. The molecule has 0 aromatic rings. The molecular formula is C8H19NO. The lowest BCUT2D eigenvalue weighted by molar-refractivity contribution is 0.117. The minimum absolute atomic E-state index is 0.318. The molecule has 0 aliphatic rings. The summed E-state index contributed by atoms with van der Waals surface area (Å²) in [7, 11) is 1.78. The molecule has 0 bridgehead atoms. The lowest BCUT2D eigenvalue weighted by atomic mass is 10.0. The van der Waals surface area contributed by atoms with Gasteiger partial charge in [0, 0.05) is 0 Å². The van der Waals surface area contributed by atoms with Crippen molar-refractivity contribution in [1.29, 1.82) is 0 Å². The Hall–Kier alpha value is -0.0800. The first-order valence-electron chi connectivity index (χ1n) is 4.06. The minimum atomic E-state index is -0.318. The molecule has 0 aliphatic carbocycles. The normalized spacial score (nSPS) is 16.8. The number of hydrogen-bond acceptors (Lipinski definition) is 2. The molecule has 10 heavy (non-hydrogen) atoms. The van der Waals surface area contributed by atoms with Gasteiger partial charge in [-0.05, 0) is 19.4 Å². The maximum absolute atomic E-state index is 9.14. The predicted octanol–water partition coefficient (Wildman–Crippen LogP) is 1.35. The largest absolute Gasteiger partial charge is 0.379 e. The van der Waals surface area contributed by atoms with Crippen molar-refractivity contribution >= 4 is 0 Å². The summed E-state index contributed by atoms with van der Waals surface area (Å²) in [4.78, 5) is 0. The zero-order valence-corrected chi connectivity index (χ0v) is 7.22. The Bertz CT molecular complexity index is 75.7. The van der Waals surface area contributed by atoms with Crippen LogP contribution in [0.3, 0.4) is 0 Å². The quantitative estimate of drug-likeness (QED) is 0.572. The van der Waals surface area contributed by atoms with Gasteiger partial charge in [0.25, 0.3) is 0 Å². The number of nitrogens with one attached hydrogen (secondary N) is 1. The second-order valence-electron chi connectivity index (χ2n) is 2.93. The highest BCUT2D eigenvalue weighted by Gasteiger charge is 2.06. The fraction of sp³-hybridized carbons (Fsp3) is 1.00. The van der Waals surface area contributed by atoms with Crippen molar-refractivity contribution in [2.24, 2.45) is 5.92 Å². The Kier molecular flexibility index (Phi) is 5.64. The summed E-state index contributed by atoms with van der Waals surface area (Å²) < 4.78 is 0. The molecule has 0 radical (unpaired) electrons. The van der Waals surface area contributed by atoms with E-state index in [2.05, 4.69) is 19.2 Å². The van der Waals surface area contributed by atoms with E-state index in [1.807, 2.05) is 0 Å². The smallest absolute Gasteiger partial charge is 0.104 e. The van der Waals surface area contributed by atoms with Crippen molar-refractivity contribution in [3.05, 3.63) is 0 Å². The lowest BCUT2D eigenvalue weighted by Crippen LogP contribution is -2.26. The van der Waals surface area contributed by atoms with Gasteiger partial charge in [0.1, 0.15) is 6.23 Å². The molecule has 62 valence electrons. The van der Waals surface area contributed by atoms with Crippen molar-refractivity contribution in [1.82, 2.24) is 5.32 Å². The van der Waals surface area contributed by atoms with E-state index in [1.165, 1.54) is 12.8 Å². The van der Waals surface area contributed by atoms with Crippen LogP contribution in [0, 0.1) is 5.92 Å². The molecule has 0 fully saturated rings. The summed E-state index contributed by atoms with van der Waals surface area (Å²) in [6.07, 6.45) is 2.96. The summed E-state index contributed by atoms with van der Waals surface area (Å²) in [5.74, 6) is 0.632. The van der Waals surface area contributed by atoms with E-state index >= 15 is 0 Å². The third-order valence-corrected chi connectivity index (χ3v) is 1.74. The van der Waals surface area contributed by atoms with E-state index in [9.17, 15) is 0 Å². The second kappa shape index (κ2) is 5.69. The third kappa shape index (κ3) is 4.77. The minimum Gasteiger partial charge on any atom is -0.379 e. The molecule has 0 amide bonds. The number of rotatable bonds is 5. The molecule has 0 aromatic heterocycles. The van der Waals surface area contributed by atoms with E-state index in [0.29, 0.717) is 5.92 Å². The van der Waals surface area contributed by atoms with Crippen molar-refractivity contribution in [2.75, 3.05) is 7.05 Å². The number of hydrogen-bond donors (Lipinski definition) is 2. The zero-order valence-electron chi connectivity index (χ0n) is 7.22. The Labute approximate surface area is 63.6 Å². The van der Waals surface area contributed by atoms with Crippen molar-refractivity contribution in [2.45, 2.75) is 39.3 Å². The van der Waals surface area contributed by atoms with Crippen LogP contribution >= 0.6 is 0 Å². The number of aliphatic hydroxyl groups excluding tert-OH is 1. The summed E-state index contributed by atoms with van der Waals surface area (Å²) in [5, 5.41) is 12.0. The Balaban J connectivity index is 3.27. The summed E-state index contributed by atoms with van der Waals surface area (Å²) in [5.41, 5.74) is 0. The fourth-order valence-corrected chi connectivity index (χ4v) is 1.11. The molecule has 2 unspecified atom stereocenters. The second-order valence-corrected chi connectivity index (χ2v) is 2.93. The maximum atomic E-state index is 9.14. The molecule has 0 aromatic carbocycles. The van der Waals surface area contributed by atoms with E-state index in [0.717, 1.165) is 6.42 Å². The first-order valence-corrected chi connectivity index (χ1v) is 4.06. The van der Waals surface area contributed by atoms with Gasteiger partial charge in [-0.15, -0.1) is 0 Å². The first kappa shape index (κ1) is 9.92. The van der Waals surface area contributed by atoms with Gasteiger partial charge in [0.15, 0.2) is 0 Å². The van der Waals surface area contributed by atoms with Crippen LogP contribution in [-0.2, 0) is 0 Å². The highest BCUT2D eigenvalue weighted by molar-refractivity contribution is 4.56. The molecule has 2 N–H and O–H groups in total. The summed E-state index contributed by atoms with van der Waals surface area (Å²) >= 11 is 0. The molecule has 0 spiro atoms. The average Bonchev–Trinajstić information content (AvgIpc) is 1.88. The van der Waals surface area contributed by atoms with Crippen molar-refractivity contribution in [3.63, 3.8) is 0 Å². The summed E-state index contributed by atoms with van der Waals surface area (Å²) in [6, 6.07) is 0. The molecule has 2 atom stereocenters. The molecule has 0 aliphatic heterocycles. The standard InChI is InChI=1S/C8H19NO/c1-4-5-7(2)6-8(10)9-3/h7-10H,4-6H2,1-3H3. The summed E-state index contributed by atoms with van der Waals surface area (Å²) in [6.45, 7) is 4.34. The Morgan fingerprint density at radius 1 is 1.50 bits per heavy atom. The topological polar surface area (TPSA) is 32.3 Å². The Morgan fingerprint density at radius 3 is 2.50 bits per heavy atom. The Morgan fingerprint density at radius 2 is 2.10 bits per heavy atom. The molecule has 0 saturated carbocycles. The van der Waals surface area contributed by atoms with Crippen LogP contribution in [0.15, 0.2) is 0 Å². The predicted molar refractivity (Wildman–Crippen MR) is 43.8 cm³/mol. The van der Waals surface area contributed by atoms with Crippen LogP contribution in [0.1, 0.15) is 33.1 Å². The molecule has 0 saturated heterocycles. The van der Waals surface area contributed by atoms with E-state index in [4.69, 9.17) is 5.11 Å². The van der Waals surface area contributed by atoms with E-state index in [1.54, 1.807) is 7.05 Å². The van der Waals surface area contributed by atoms with Crippen molar-refractivity contribution < 1.29 is 5.11 Å². The van der Waals surface area contributed by atoms with Crippen LogP contribution in [0.4, 0.5) is 0 Å². The SMILES string of the molecule is CCCC(C)CC(O)NC. The van der Waals surface area contributed by atoms with Gasteiger partial charge in [-0.2, -0.15) is 0 Å². The average molecular weight is 145 g/mol. The molecule has 2 heteroatoms. The van der Waals surface area contributed by atoms with Gasteiger partial charge < -0.3 is 5.11 Å². The monoisotopic (exact) mass is 145 g/mol. The number of aliphatic hydroxyl groups is 1. The van der Waals surface area contributed by atoms with Crippen LogP contribution in [0.2, 0.25) is 0 Å². The van der Waals surface area contributed by atoms with Crippen molar-refractivity contribution in [3.8, 4) is 0 Å². The highest BCUT2D eigenvalue weighted by Crippen LogP contribution is 2.10. The first-order chi connectivity index (χ1) is 4.70. The van der Waals surface area contributed by atoms with Crippen LogP contribution in [0.5, 0.6) is 0 Å². The molecule has 0 heterocycles. The van der Waals surface area contributed by atoms with Gasteiger partial charge in [0.05, 0.1) is 0 Å². The third-order valence-electron chi connectivity index (χ3n) is 1.74. The van der Waals surface area contributed by atoms with Crippen LogP contribution in [-0.4, -0.2) is 18.4 Å². The van der Waals surface area contributed by atoms with E-state index in [-0.39, 0.29) is 6.23 Å². The highest BCUT2D eigenvalue weighted by atomic mass is 16.3.